The van der Waals surface area contributed by atoms with E-state index >= 15 is 0 Å². The largest absolute Gasteiger partial charge is 0.368 e. The summed E-state index contributed by atoms with van der Waals surface area (Å²) >= 11 is 0. The van der Waals surface area contributed by atoms with Crippen molar-refractivity contribution in [2.45, 2.75) is 51.6 Å². The average molecular weight is 399 g/mol. The summed E-state index contributed by atoms with van der Waals surface area (Å²) in [7, 11) is 0. The quantitative estimate of drug-likeness (QED) is 0.450. The van der Waals surface area contributed by atoms with E-state index in [1.54, 1.807) is 6.20 Å². The number of aryl methyl sites for hydroxylation is 1. The fraction of sp³-hybridized carbons (Fsp3) is 0.429. The molecule has 5 N–H and O–H groups in total. The molecule has 1 aromatic carbocycles. The molecule has 0 aliphatic heterocycles. The van der Waals surface area contributed by atoms with Gasteiger partial charge in [0.2, 0.25) is 17.7 Å². The Morgan fingerprint density at radius 2 is 1.90 bits per heavy atom. The number of H-pyrrole nitrogens is 1. The number of aromatic amines is 1. The number of nitrogens with one attached hydrogen (secondary N) is 3. The molecule has 0 aliphatic carbocycles. The Kier molecular flexibility index (Phi) is 8.39. The Hall–Kier alpha value is -3.16. The minimum absolute atomic E-state index is 0.113. The van der Waals surface area contributed by atoms with Gasteiger partial charge in [0.25, 0.3) is 0 Å². The van der Waals surface area contributed by atoms with Gasteiger partial charge in [-0.3, -0.25) is 14.4 Å². The van der Waals surface area contributed by atoms with Crippen LogP contribution in [0.5, 0.6) is 0 Å². The SMILES string of the molecule is CC[C@H](C)[C@H](NC(=O)[C@H](Cc1cnc[nH]1)NC(=O)CCc1ccccc1)C(N)=O. The van der Waals surface area contributed by atoms with Crippen LogP contribution in [0.1, 0.15) is 37.9 Å². The molecular formula is C21H29N5O3. The number of nitrogens with two attached hydrogens (primary N) is 1. The summed E-state index contributed by atoms with van der Waals surface area (Å²) in [5.74, 6) is -1.40. The number of aromatic nitrogens is 2. The minimum atomic E-state index is -0.843. The van der Waals surface area contributed by atoms with E-state index in [1.807, 2.05) is 44.2 Å². The van der Waals surface area contributed by atoms with Crippen molar-refractivity contribution in [3.8, 4) is 0 Å². The van der Waals surface area contributed by atoms with Crippen LogP contribution in [0.25, 0.3) is 0 Å². The van der Waals surface area contributed by atoms with E-state index in [0.29, 0.717) is 18.5 Å². The first-order chi connectivity index (χ1) is 13.9. The lowest BCUT2D eigenvalue weighted by Crippen LogP contribution is -2.55. The molecule has 3 amide bonds. The zero-order valence-corrected chi connectivity index (χ0v) is 16.9. The Morgan fingerprint density at radius 3 is 2.48 bits per heavy atom. The van der Waals surface area contributed by atoms with E-state index in [-0.39, 0.29) is 24.7 Å². The first-order valence-corrected chi connectivity index (χ1v) is 9.81. The van der Waals surface area contributed by atoms with Crippen molar-refractivity contribution in [1.82, 2.24) is 20.6 Å². The number of primary amides is 1. The van der Waals surface area contributed by atoms with Gasteiger partial charge in [0.1, 0.15) is 12.1 Å². The van der Waals surface area contributed by atoms with Crippen molar-refractivity contribution >= 4 is 17.7 Å². The fourth-order valence-electron chi connectivity index (χ4n) is 2.98. The zero-order chi connectivity index (χ0) is 21.2. The van der Waals surface area contributed by atoms with E-state index in [4.69, 9.17) is 5.73 Å². The molecule has 29 heavy (non-hydrogen) atoms. The lowest BCUT2D eigenvalue weighted by Gasteiger charge is -2.25. The Bertz CT molecular complexity index is 792. The lowest BCUT2D eigenvalue weighted by molar-refractivity contribution is -0.132. The average Bonchev–Trinajstić information content (AvgIpc) is 3.23. The molecule has 0 saturated heterocycles. The van der Waals surface area contributed by atoms with E-state index in [1.165, 1.54) is 6.33 Å². The number of rotatable bonds is 11. The lowest BCUT2D eigenvalue weighted by atomic mass is 9.98. The highest BCUT2D eigenvalue weighted by atomic mass is 16.2. The maximum atomic E-state index is 12.8. The Morgan fingerprint density at radius 1 is 1.17 bits per heavy atom. The molecule has 0 bridgehead atoms. The third-order valence-electron chi connectivity index (χ3n) is 4.93. The molecule has 1 aromatic heterocycles. The van der Waals surface area contributed by atoms with Crippen LogP contribution in [0.15, 0.2) is 42.9 Å². The van der Waals surface area contributed by atoms with Crippen LogP contribution >= 0.6 is 0 Å². The Labute approximate surface area is 170 Å². The number of carbonyl (C=O) groups excluding carboxylic acids is 3. The first-order valence-electron chi connectivity index (χ1n) is 9.81. The molecule has 8 heteroatoms. The van der Waals surface area contributed by atoms with Crippen molar-refractivity contribution in [2.75, 3.05) is 0 Å². The molecule has 0 spiro atoms. The predicted molar refractivity (Wildman–Crippen MR) is 110 cm³/mol. The molecule has 0 fully saturated rings. The second-order valence-corrected chi connectivity index (χ2v) is 7.16. The van der Waals surface area contributed by atoms with E-state index in [9.17, 15) is 14.4 Å². The number of benzene rings is 1. The van der Waals surface area contributed by atoms with Crippen LogP contribution in [-0.2, 0) is 27.2 Å². The van der Waals surface area contributed by atoms with Crippen molar-refractivity contribution in [2.24, 2.45) is 11.7 Å². The van der Waals surface area contributed by atoms with Crippen molar-refractivity contribution < 1.29 is 14.4 Å². The highest BCUT2D eigenvalue weighted by Gasteiger charge is 2.28. The first kappa shape index (κ1) is 22.1. The van der Waals surface area contributed by atoms with E-state index in [2.05, 4.69) is 20.6 Å². The number of hydrogen-bond acceptors (Lipinski definition) is 4. The summed E-state index contributed by atoms with van der Waals surface area (Å²) in [5.41, 5.74) is 7.20. The minimum Gasteiger partial charge on any atom is -0.368 e. The molecule has 8 nitrogen and oxygen atoms in total. The molecule has 2 aromatic rings. The number of hydrogen-bond donors (Lipinski definition) is 4. The molecular weight excluding hydrogens is 370 g/mol. The van der Waals surface area contributed by atoms with E-state index < -0.39 is 23.9 Å². The van der Waals surface area contributed by atoms with Gasteiger partial charge in [-0.2, -0.15) is 0 Å². The van der Waals surface area contributed by atoms with Gasteiger partial charge in [0.15, 0.2) is 0 Å². The third kappa shape index (κ3) is 7.06. The highest BCUT2D eigenvalue weighted by Crippen LogP contribution is 2.09. The molecule has 0 radical (unpaired) electrons. The molecule has 3 atom stereocenters. The summed E-state index contributed by atoms with van der Waals surface area (Å²) in [5, 5.41) is 5.47. The van der Waals surface area contributed by atoms with Crippen molar-refractivity contribution in [3.63, 3.8) is 0 Å². The number of nitrogens with zero attached hydrogens (tertiary/aromatic N) is 1. The van der Waals surface area contributed by atoms with Crippen LogP contribution < -0.4 is 16.4 Å². The van der Waals surface area contributed by atoms with Gasteiger partial charge in [-0.05, 0) is 17.9 Å². The van der Waals surface area contributed by atoms with Crippen LogP contribution in [0, 0.1) is 5.92 Å². The number of imidazole rings is 1. The summed E-state index contributed by atoms with van der Waals surface area (Å²) in [6, 6.07) is 8.02. The molecule has 2 rings (SSSR count). The normalized spacial score (nSPS) is 13.9. The standard InChI is InChI=1S/C21H29N5O3/c1-3-14(2)19(20(22)28)26-21(29)17(11-16-12-23-13-24-16)25-18(27)10-9-15-7-5-4-6-8-15/h4-8,12-14,17,19H,3,9-11H2,1-2H3,(H2,22,28)(H,23,24)(H,25,27)(H,26,29)/t14-,17-,19-/m0/s1. The predicted octanol–water partition coefficient (Wildman–Crippen LogP) is 1.09. The highest BCUT2D eigenvalue weighted by molar-refractivity contribution is 5.91. The number of carbonyl (C=O) groups is 3. The zero-order valence-electron chi connectivity index (χ0n) is 16.9. The second-order valence-electron chi connectivity index (χ2n) is 7.16. The van der Waals surface area contributed by atoms with Gasteiger partial charge in [0, 0.05) is 24.7 Å². The maximum Gasteiger partial charge on any atom is 0.243 e. The van der Waals surface area contributed by atoms with Crippen LogP contribution in [0.3, 0.4) is 0 Å². The van der Waals surface area contributed by atoms with Crippen LogP contribution in [-0.4, -0.2) is 39.8 Å². The topological polar surface area (TPSA) is 130 Å². The monoisotopic (exact) mass is 399 g/mol. The van der Waals surface area contributed by atoms with Gasteiger partial charge in [-0.1, -0.05) is 50.6 Å². The van der Waals surface area contributed by atoms with Crippen molar-refractivity contribution in [3.05, 3.63) is 54.1 Å². The molecule has 1 heterocycles. The van der Waals surface area contributed by atoms with Gasteiger partial charge in [0.05, 0.1) is 6.33 Å². The molecule has 0 aliphatic rings. The fourth-order valence-corrected chi connectivity index (χ4v) is 2.98. The third-order valence-corrected chi connectivity index (χ3v) is 4.93. The van der Waals surface area contributed by atoms with Crippen molar-refractivity contribution in [1.29, 1.82) is 0 Å². The second kappa shape index (κ2) is 11.0. The number of amides is 3. The molecule has 0 saturated carbocycles. The van der Waals surface area contributed by atoms with Gasteiger partial charge in [-0.25, -0.2) is 4.98 Å². The van der Waals surface area contributed by atoms with Gasteiger partial charge >= 0.3 is 0 Å². The Balaban J connectivity index is 2.04. The molecule has 156 valence electrons. The van der Waals surface area contributed by atoms with Crippen LogP contribution in [0.2, 0.25) is 0 Å². The summed E-state index contributed by atoms with van der Waals surface area (Å²) in [4.78, 5) is 43.9. The van der Waals surface area contributed by atoms with Gasteiger partial charge in [-0.15, -0.1) is 0 Å². The summed E-state index contributed by atoms with van der Waals surface area (Å²) < 4.78 is 0. The maximum absolute atomic E-state index is 12.8. The molecule has 0 unspecified atom stereocenters. The summed E-state index contributed by atoms with van der Waals surface area (Å²) in [6.45, 7) is 3.76. The summed E-state index contributed by atoms with van der Waals surface area (Å²) in [6.07, 6.45) is 4.84. The van der Waals surface area contributed by atoms with E-state index in [0.717, 1.165) is 5.56 Å². The smallest absolute Gasteiger partial charge is 0.243 e. The van der Waals surface area contributed by atoms with Crippen LogP contribution in [0.4, 0.5) is 0 Å². The van der Waals surface area contributed by atoms with Gasteiger partial charge < -0.3 is 21.4 Å².